The molecule has 0 fully saturated rings. The van der Waals surface area contributed by atoms with Crippen molar-refractivity contribution in [3.05, 3.63) is 0 Å². The number of aliphatic carboxylic acids is 1. The van der Waals surface area contributed by atoms with E-state index in [9.17, 15) is 9.90 Å². The van der Waals surface area contributed by atoms with Crippen LogP contribution < -0.4 is 0 Å². The Morgan fingerprint density at radius 3 is 2.38 bits per heavy atom. The molecule has 0 aliphatic heterocycles. The van der Waals surface area contributed by atoms with E-state index in [1.807, 2.05) is 6.92 Å². The van der Waals surface area contributed by atoms with Gasteiger partial charge in [0.15, 0.2) is 0 Å². The zero-order chi connectivity index (χ0) is 12.6. The number of carbonyl (C=O) groups is 1. The molecule has 0 aromatic rings. The van der Waals surface area contributed by atoms with Gasteiger partial charge in [-0.3, -0.25) is 9.69 Å². The highest BCUT2D eigenvalue weighted by atomic mass is 16.4. The van der Waals surface area contributed by atoms with Crippen molar-refractivity contribution in [2.24, 2.45) is 5.92 Å². The summed E-state index contributed by atoms with van der Waals surface area (Å²) < 4.78 is 0. The molecule has 0 amide bonds. The van der Waals surface area contributed by atoms with E-state index in [0.717, 1.165) is 25.8 Å². The number of nitrogens with zero attached hydrogens (tertiary/aromatic N) is 1. The lowest BCUT2D eigenvalue weighted by Crippen LogP contribution is -2.42. The molecular weight excluding hydrogens is 206 g/mol. The van der Waals surface area contributed by atoms with Gasteiger partial charge in [0.2, 0.25) is 0 Å². The first-order valence-corrected chi connectivity index (χ1v) is 6.14. The van der Waals surface area contributed by atoms with Crippen LogP contribution in [0.5, 0.6) is 0 Å². The fourth-order valence-corrected chi connectivity index (χ4v) is 1.72. The van der Waals surface area contributed by atoms with Crippen molar-refractivity contribution in [1.82, 2.24) is 4.90 Å². The van der Waals surface area contributed by atoms with E-state index in [0.29, 0.717) is 6.54 Å². The molecule has 0 spiro atoms. The molecule has 96 valence electrons. The Labute approximate surface area is 98.3 Å². The van der Waals surface area contributed by atoms with Crippen molar-refractivity contribution < 1.29 is 15.0 Å². The van der Waals surface area contributed by atoms with E-state index in [1.165, 1.54) is 0 Å². The number of aliphatic hydroxyl groups is 1. The zero-order valence-electron chi connectivity index (χ0n) is 10.6. The largest absolute Gasteiger partial charge is 0.481 e. The maximum atomic E-state index is 10.8. The fourth-order valence-electron chi connectivity index (χ4n) is 1.72. The van der Waals surface area contributed by atoms with Gasteiger partial charge in [0.1, 0.15) is 0 Å². The van der Waals surface area contributed by atoms with Gasteiger partial charge in [0.25, 0.3) is 0 Å². The van der Waals surface area contributed by atoms with Crippen LogP contribution in [0, 0.1) is 5.92 Å². The minimum Gasteiger partial charge on any atom is -0.481 e. The second-order valence-corrected chi connectivity index (χ2v) is 4.33. The highest BCUT2D eigenvalue weighted by molar-refractivity contribution is 5.69. The fraction of sp³-hybridized carbons (Fsp3) is 0.917. The lowest BCUT2D eigenvalue weighted by molar-refractivity contribution is -0.142. The van der Waals surface area contributed by atoms with Crippen LogP contribution in [0.25, 0.3) is 0 Å². The summed E-state index contributed by atoms with van der Waals surface area (Å²) in [6, 6.07) is 0.0911. The third kappa shape index (κ3) is 5.47. The first-order chi connectivity index (χ1) is 7.56. The molecule has 0 radical (unpaired) electrons. The van der Waals surface area contributed by atoms with Crippen LogP contribution in [0.4, 0.5) is 0 Å². The van der Waals surface area contributed by atoms with Crippen LogP contribution in [0.3, 0.4) is 0 Å². The Bertz CT molecular complexity index is 193. The lowest BCUT2D eigenvalue weighted by Gasteiger charge is -2.31. The Kier molecular flexibility index (Phi) is 8.21. The van der Waals surface area contributed by atoms with Gasteiger partial charge in [-0.15, -0.1) is 0 Å². The van der Waals surface area contributed by atoms with Crippen LogP contribution in [0.15, 0.2) is 0 Å². The predicted molar refractivity (Wildman–Crippen MR) is 64.4 cm³/mol. The summed E-state index contributed by atoms with van der Waals surface area (Å²) in [4.78, 5) is 12.9. The van der Waals surface area contributed by atoms with Crippen molar-refractivity contribution in [3.8, 4) is 0 Å². The van der Waals surface area contributed by atoms with Crippen molar-refractivity contribution in [2.45, 2.75) is 46.1 Å². The molecule has 16 heavy (non-hydrogen) atoms. The van der Waals surface area contributed by atoms with E-state index < -0.39 is 5.97 Å². The second-order valence-electron chi connectivity index (χ2n) is 4.33. The molecule has 0 aromatic heterocycles. The maximum absolute atomic E-state index is 10.8. The van der Waals surface area contributed by atoms with E-state index in [4.69, 9.17) is 5.11 Å². The summed E-state index contributed by atoms with van der Waals surface area (Å²) in [5.41, 5.74) is 0. The van der Waals surface area contributed by atoms with Gasteiger partial charge in [-0.05, 0) is 19.4 Å². The van der Waals surface area contributed by atoms with Crippen LogP contribution in [0.2, 0.25) is 0 Å². The standard InChI is InChI=1S/C12H25NO3/c1-4-6-7-13(11(5-2)9-14)8-10(3)12(15)16/h10-11,14H,4-9H2,1-3H3,(H,15,16). The zero-order valence-corrected chi connectivity index (χ0v) is 10.6. The molecule has 4 heteroatoms. The second kappa shape index (κ2) is 8.53. The molecule has 2 atom stereocenters. The monoisotopic (exact) mass is 231 g/mol. The summed E-state index contributed by atoms with van der Waals surface area (Å²) in [5, 5.41) is 18.2. The molecular formula is C12H25NO3. The number of carboxylic acids is 1. The summed E-state index contributed by atoms with van der Waals surface area (Å²) in [5.74, 6) is -1.15. The smallest absolute Gasteiger partial charge is 0.307 e. The highest BCUT2D eigenvalue weighted by Gasteiger charge is 2.21. The summed E-state index contributed by atoms with van der Waals surface area (Å²) in [6.07, 6.45) is 2.98. The van der Waals surface area contributed by atoms with E-state index >= 15 is 0 Å². The van der Waals surface area contributed by atoms with Crippen molar-refractivity contribution >= 4 is 5.97 Å². The summed E-state index contributed by atoms with van der Waals surface area (Å²) in [6.45, 7) is 7.34. The average molecular weight is 231 g/mol. The minimum atomic E-state index is -0.769. The number of hydrogen-bond donors (Lipinski definition) is 2. The van der Waals surface area contributed by atoms with Gasteiger partial charge < -0.3 is 10.2 Å². The maximum Gasteiger partial charge on any atom is 0.307 e. The summed E-state index contributed by atoms with van der Waals surface area (Å²) in [7, 11) is 0. The van der Waals surface area contributed by atoms with Gasteiger partial charge >= 0.3 is 5.97 Å². The first kappa shape index (κ1) is 15.4. The number of hydrogen-bond acceptors (Lipinski definition) is 3. The normalized spacial score (nSPS) is 15.1. The topological polar surface area (TPSA) is 60.8 Å². The van der Waals surface area contributed by atoms with E-state index in [-0.39, 0.29) is 18.6 Å². The number of aliphatic hydroxyl groups excluding tert-OH is 1. The van der Waals surface area contributed by atoms with Gasteiger partial charge in [-0.1, -0.05) is 27.2 Å². The van der Waals surface area contributed by atoms with Gasteiger partial charge in [-0.25, -0.2) is 0 Å². The number of rotatable bonds is 9. The van der Waals surface area contributed by atoms with E-state index in [1.54, 1.807) is 6.92 Å². The van der Waals surface area contributed by atoms with Gasteiger partial charge in [0.05, 0.1) is 12.5 Å². The molecule has 0 heterocycles. The average Bonchev–Trinajstić information content (AvgIpc) is 2.26. The lowest BCUT2D eigenvalue weighted by atomic mass is 10.1. The Balaban J connectivity index is 4.34. The molecule has 0 aliphatic carbocycles. The van der Waals surface area contributed by atoms with Crippen molar-refractivity contribution in [2.75, 3.05) is 19.7 Å². The molecule has 0 aliphatic rings. The first-order valence-electron chi connectivity index (χ1n) is 6.14. The number of unbranched alkanes of at least 4 members (excludes halogenated alkanes) is 1. The molecule has 0 saturated heterocycles. The molecule has 2 unspecified atom stereocenters. The Morgan fingerprint density at radius 2 is 2.00 bits per heavy atom. The van der Waals surface area contributed by atoms with Crippen LogP contribution >= 0.6 is 0 Å². The third-order valence-electron chi connectivity index (χ3n) is 2.93. The minimum absolute atomic E-state index is 0.0911. The molecule has 2 N–H and O–H groups in total. The van der Waals surface area contributed by atoms with Crippen LogP contribution in [-0.2, 0) is 4.79 Å². The molecule has 0 saturated carbocycles. The van der Waals surface area contributed by atoms with Gasteiger partial charge in [-0.2, -0.15) is 0 Å². The number of carboxylic acid groups (broad SMARTS) is 1. The quantitative estimate of drug-likeness (QED) is 0.632. The van der Waals surface area contributed by atoms with Crippen molar-refractivity contribution in [3.63, 3.8) is 0 Å². The van der Waals surface area contributed by atoms with Crippen LogP contribution in [0.1, 0.15) is 40.0 Å². The van der Waals surface area contributed by atoms with Crippen molar-refractivity contribution in [1.29, 1.82) is 0 Å². The molecule has 4 nitrogen and oxygen atoms in total. The highest BCUT2D eigenvalue weighted by Crippen LogP contribution is 2.10. The predicted octanol–water partition coefficient (Wildman–Crippen LogP) is 1.58. The Morgan fingerprint density at radius 1 is 1.38 bits per heavy atom. The van der Waals surface area contributed by atoms with Crippen LogP contribution in [-0.4, -0.2) is 46.8 Å². The third-order valence-corrected chi connectivity index (χ3v) is 2.93. The molecule has 0 bridgehead atoms. The van der Waals surface area contributed by atoms with E-state index in [2.05, 4.69) is 11.8 Å². The molecule has 0 aromatic carbocycles. The molecule has 0 rings (SSSR count). The Hall–Kier alpha value is -0.610. The summed E-state index contributed by atoms with van der Waals surface area (Å²) >= 11 is 0. The van der Waals surface area contributed by atoms with Gasteiger partial charge in [0, 0.05) is 12.6 Å². The SMILES string of the molecule is CCCCN(CC(C)C(=O)O)C(CC)CO.